The van der Waals surface area contributed by atoms with Crippen LogP contribution in [0.5, 0.6) is 0 Å². The molecule has 0 heterocycles. The number of hydrogen-bond donors (Lipinski definition) is 3. The highest BCUT2D eigenvalue weighted by Gasteiger charge is 2.18. The summed E-state index contributed by atoms with van der Waals surface area (Å²) in [6.45, 7) is 3.94. The predicted octanol–water partition coefficient (Wildman–Crippen LogP) is 0.165. The van der Waals surface area contributed by atoms with Crippen LogP contribution in [0.15, 0.2) is 0 Å². The van der Waals surface area contributed by atoms with Crippen molar-refractivity contribution in [3.63, 3.8) is 0 Å². The van der Waals surface area contributed by atoms with E-state index in [-0.39, 0.29) is 18.4 Å². The van der Waals surface area contributed by atoms with Crippen LogP contribution in [0.1, 0.15) is 39.5 Å². The third-order valence-electron chi connectivity index (χ3n) is 2.44. The molecule has 4 N–H and O–H groups in total. The summed E-state index contributed by atoms with van der Waals surface area (Å²) in [7, 11) is 0. The Morgan fingerprint density at radius 2 is 1.75 bits per heavy atom. The van der Waals surface area contributed by atoms with Crippen molar-refractivity contribution in [3.05, 3.63) is 0 Å². The van der Waals surface area contributed by atoms with Gasteiger partial charge in [0, 0.05) is 5.92 Å². The molecule has 16 heavy (non-hydrogen) atoms. The van der Waals surface area contributed by atoms with Crippen LogP contribution in [-0.4, -0.2) is 29.6 Å². The Kier molecular flexibility index (Phi) is 7.54. The molecule has 0 aliphatic rings. The summed E-state index contributed by atoms with van der Waals surface area (Å²) in [5.41, 5.74) is 4.88. The van der Waals surface area contributed by atoms with E-state index in [0.29, 0.717) is 0 Å². The van der Waals surface area contributed by atoms with Gasteiger partial charge in [0.1, 0.15) is 6.10 Å². The zero-order chi connectivity index (χ0) is 12.6. The van der Waals surface area contributed by atoms with Gasteiger partial charge in [-0.3, -0.25) is 9.59 Å². The van der Waals surface area contributed by atoms with Crippen LogP contribution >= 0.6 is 0 Å². The molecule has 0 rings (SSSR count). The molecule has 0 saturated heterocycles. The molecular formula is C11H22N2O3. The Morgan fingerprint density at radius 1 is 1.25 bits per heavy atom. The van der Waals surface area contributed by atoms with Crippen molar-refractivity contribution < 1.29 is 14.7 Å². The van der Waals surface area contributed by atoms with Gasteiger partial charge in [-0.15, -0.1) is 0 Å². The van der Waals surface area contributed by atoms with E-state index in [0.717, 1.165) is 25.7 Å². The predicted molar refractivity (Wildman–Crippen MR) is 61.5 cm³/mol. The van der Waals surface area contributed by atoms with Crippen LogP contribution < -0.4 is 11.1 Å². The van der Waals surface area contributed by atoms with Gasteiger partial charge in [-0.25, -0.2) is 0 Å². The van der Waals surface area contributed by atoms with Gasteiger partial charge in [0.15, 0.2) is 0 Å². The Morgan fingerprint density at radius 3 is 2.12 bits per heavy atom. The number of hydrogen-bond acceptors (Lipinski definition) is 3. The molecule has 0 aromatic carbocycles. The fourth-order valence-electron chi connectivity index (χ4n) is 1.55. The highest BCUT2D eigenvalue weighted by Crippen LogP contribution is 2.13. The maximum atomic E-state index is 11.7. The molecule has 0 aromatic heterocycles. The number of carbonyl (C=O) groups excluding carboxylic acids is 2. The topological polar surface area (TPSA) is 92.4 Å². The van der Waals surface area contributed by atoms with E-state index in [9.17, 15) is 9.59 Å². The average molecular weight is 230 g/mol. The number of nitrogens with one attached hydrogen (secondary N) is 1. The van der Waals surface area contributed by atoms with Crippen LogP contribution in [0.3, 0.4) is 0 Å². The first-order chi connectivity index (χ1) is 7.52. The molecular weight excluding hydrogens is 208 g/mol. The number of carbonyl (C=O) groups is 2. The number of aliphatic hydroxyl groups is 1. The highest BCUT2D eigenvalue weighted by atomic mass is 16.3. The number of primary amides is 1. The molecule has 1 atom stereocenters. The minimum Gasteiger partial charge on any atom is -0.381 e. The van der Waals surface area contributed by atoms with E-state index in [4.69, 9.17) is 10.8 Å². The lowest BCUT2D eigenvalue weighted by Gasteiger charge is -2.16. The van der Waals surface area contributed by atoms with Crippen LogP contribution in [0.4, 0.5) is 0 Å². The Hall–Kier alpha value is -1.10. The van der Waals surface area contributed by atoms with Crippen molar-refractivity contribution in [2.24, 2.45) is 11.7 Å². The van der Waals surface area contributed by atoms with Gasteiger partial charge in [-0.05, 0) is 12.8 Å². The van der Waals surface area contributed by atoms with Gasteiger partial charge in [0.05, 0.1) is 6.54 Å². The maximum absolute atomic E-state index is 11.7. The first kappa shape index (κ1) is 14.9. The molecule has 0 spiro atoms. The summed E-state index contributed by atoms with van der Waals surface area (Å²) in [5.74, 6) is -0.957. The molecule has 5 heteroatoms. The Balaban J connectivity index is 4.04. The van der Waals surface area contributed by atoms with Crippen LogP contribution in [0.2, 0.25) is 0 Å². The van der Waals surface area contributed by atoms with E-state index >= 15 is 0 Å². The quantitative estimate of drug-likeness (QED) is 0.555. The standard InChI is InChI=1S/C11H22N2O3/c1-3-5-8(6-4-2)11(16)13-7-9(14)10(12)15/h8-9,14H,3-7H2,1-2H3,(H2,12,15)(H,13,16). The molecule has 0 bridgehead atoms. The Bertz CT molecular complexity index is 225. The van der Waals surface area contributed by atoms with Crippen molar-refractivity contribution in [2.45, 2.75) is 45.6 Å². The highest BCUT2D eigenvalue weighted by molar-refractivity contribution is 5.81. The third-order valence-corrected chi connectivity index (χ3v) is 2.44. The van der Waals surface area contributed by atoms with Gasteiger partial charge in [0.2, 0.25) is 11.8 Å². The molecule has 2 amide bonds. The first-order valence-corrected chi connectivity index (χ1v) is 5.77. The molecule has 0 fully saturated rings. The summed E-state index contributed by atoms with van der Waals surface area (Å²) in [6, 6.07) is 0. The average Bonchev–Trinajstić information content (AvgIpc) is 2.24. The van der Waals surface area contributed by atoms with Crippen molar-refractivity contribution in [2.75, 3.05) is 6.54 Å². The van der Waals surface area contributed by atoms with Crippen molar-refractivity contribution >= 4 is 11.8 Å². The van der Waals surface area contributed by atoms with E-state index in [1.165, 1.54) is 0 Å². The smallest absolute Gasteiger partial charge is 0.248 e. The number of nitrogens with two attached hydrogens (primary N) is 1. The molecule has 0 aliphatic carbocycles. The summed E-state index contributed by atoms with van der Waals surface area (Å²) in [6.07, 6.45) is 2.24. The maximum Gasteiger partial charge on any atom is 0.248 e. The SMILES string of the molecule is CCCC(CCC)C(=O)NCC(O)C(N)=O. The monoisotopic (exact) mass is 230 g/mol. The number of rotatable bonds is 8. The van der Waals surface area contributed by atoms with Crippen LogP contribution in [0, 0.1) is 5.92 Å². The van der Waals surface area contributed by atoms with Crippen molar-refractivity contribution in [1.29, 1.82) is 0 Å². The minimum atomic E-state index is -1.30. The molecule has 94 valence electrons. The van der Waals surface area contributed by atoms with Gasteiger partial charge in [0.25, 0.3) is 0 Å². The second kappa shape index (κ2) is 8.10. The third kappa shape index (κ3) is 5.70. The van der Waals surface area contributed by atoms with Gasteiger partial charge in [-0.1, -0.05) is 26.7 Å². The summed E-state index contributed by atoms with van der Waals surface area (Å²) >= 11 is 0. The molecule has 0 aromatic rings. The summed E-state index contributed by atoms with van der Waals surface area (Å²) in [4.78, 5) is 22.2. The minimum absolute atomic E-state index is 0.0323. The van der Waals surface area contributed by atoms with Crippen molar-refractivity contribution in [1.82, 2.24) is 5.32 Å². The van der Waals surface area contributed by atoms with Crippen molar-refractivity contribution in [3.8, 4) is 0 Å². The lowest BCUT2D eigenvalue weighted by atomic mass is 9.97. The van der Waals surface area contributed by atoms with E-state index in [2.05, 4.69) is 5.32 Å². The lowest BCUT2D eigenvalue weighted by molar-refractivity contribution is -0.128. The van der Waals surface area contributed by atoms with E-state index in [1.807, 2.05) is 13.8 Å². The first-order valence-electron chi connectivity index (χ1n) is 5.77. The molecule has 0 radical (unpaired) electrons. The second-order valence-electron chi connectivity index (χ2n) is 3.94. The normalized spacial score (nSPS) is 12.5. The zero-order valence-corrected chi connectivity index (χ0v) is 10.0. The van der Waals surface area contributed by atoms with Gasteiger partial charge in [-0.2, -0.15) is 0 Å². The van der Waals surface area contributed by atoms with Gasteiger partial charge >= 0.3 is 0 Å². The number of aliphatic hydroxyl groups excluding tert-OH is 1. The summed E-state index contributed by atoms with van der Waals surface area (Å²) in [5, 5.41) is 11.7. The second-order valence-corrected chi connectivity index (χ2v) is 3.94. The van der Waals surface area contributed by atoms with Crippen LogP contribution in [0.25, 0.3) is 0 Å². The molecule has 5 nitrogen and oxygen atoms in total. The lowest BCUT2D eigenvalue weighted by Crippen LogP contribution is -2.42. The van der Waals surface area contributed by atoms with E-state index < -0.39 is 12.0 Å². The molecule has 1 unspecified atom stereocenters. The van der Waals surface area contributed by atoms with Gasteiger partial charge < -0.3 is 16.2 Å². The van der Waals surface area contributed by atoms with Crippen LogP contribution in [-0.2, 0) is 9.59 Å². The molecule has 0 saturated carbocycles. The number of amides is 2. The zero-order valence-electron chi connectivity index (χ0n) is 10.0. The fraction of sp³-hybridized carbons (Fsp3) is 0.818. The molecule has 0 aliphatic heterocycles. The largest absolute Gasteiger partial charge is 0.381 e. The fourth-order valence-corrected chi connectivity index (χ4v) is 1.55. The van der Waals surface area contributed by atoms with E-state index in [1.54, 1.807) is 0 Å². The summed E-state index contributed by atoms with van der Waals surface area (Å²) < 4.78 is 0. The Labute approximate surface area is 96.4 Å².